The van der Waals surface area contributed by atoms with Crippen molar-refractivity contribution in [2.45, 2.75) is 12.5 Å². The van der Waals surface area contributed by atoms with Gasteiger partial charge in [-0.1, -0.05) is 0 Å². The molecular formula is C11H12N2O5. The van der Waals surface area contributed by atoms with Gasteiger partial charge in [-0.15, -0.1) is 0 Å². The fourth-order valence-electron chi connectivity index (χ4n) is 1.78. The number of hydrogen-bond donors (Lipinski definition) is 2. The van der Waals surface area contributed by atoms with E-state index in [1.54, 1.807) is 7.05 Å². The fraction of sp³-hybridized carbons (Fsp3) is 0.364. The molecule has 2 amide bonds. The van der Waals surface area contributed by atoms with Crippen LogP contribution < -0.4 is 5.32 Å². The molecule has 0 radical (unpaired) electrons. The van der Waals surface area contributed by atoms with Crippen LogP contribution in [0.1, 0.15) is 27.3 Å². The number of likely N-dealkylation sites (tertiary alicyclic amines) is 1. The fourth-order valence-corrected chi connectivity index (χ4v) is 1.78. The van der Waals surface area contributed by atoms with E-state index in [4.69, 9.17) is 9.52 Å². The van der Waals surface area contributed by atoms with Gasteiger partial charge in [0, 0.05) is 26.1 Å². The summed E-state index contributed by atoms with van der Waals surface area (Å²) in [7, 11) is 1.66. The molecule has 7 heteroatoms. The van der Waals surface area contributed by atoms with Crippen LogP contribution in [-0.2, 0) is 4.79 Å². The Bertz CT molecular complexity index is 507. The second-order valence-corrected chi connectivity index (χ2v) is 4.15. The van der Waals surface area contributed by atoms with Crippen molar-refractivity contribution in [2.75, 3.05) is 13.6 Å². The first-order chi connectivity index (χ1) is 8.47. The lowest BCUT2D eigenvalue weighted by atomic mass is 10.2. The molecule has 1 unspecified atom stereocenters. The first-order valence-electron chi connectivity index (χ1n) is 5.34. The van der Waals surface area contributed by atoms with E-state index in [2.05, 4.69) is 5.32 Å². The molecule has 7 nitrogen and oxygen atoms in total. The van der Waals surface area contributed by atoms with Crippen LogP contribution in [0.25, 0.3) is 0 Å². The molecule has 1 atom stereocenters. The maximum absolute atomic E-state index is 11.7. The van der Waals surface area contributed by atoms with Gasteiger partial charge in [0.25, 0.3) is 5.91 Å². The van der Waals surface area contributed by atoms with E-state index in [1.165, 1.54) is 4.90 Å². The zero-order valence-electron chi connectivity index (χ0n) is 9.67. The number of nitrogens with zero attached hydrogens (tertiary/aromatic N) is 1. The van der Waals surface area contributed by atoms with Gasteiger partial charge in [-0.05, 0) is 0 Å². The lowest BCUT2D eigenvalue weighted by molar-refractivity contribution is -0.126. The second-order valence-electron chi connectivity index (χ2n) is 4.15. The van der Waals surface area contributed by atoms with Crippen LogP contribution >= 0.6 is 0 Å². The quantitative estimate of drug-likeness (QED) is 0.784. The van der Waals surface area contributed by atoms with Crippen LogP contribution in [0, 0.1) is 0 Å². The minimum absolute atomic E-state index is 0.0361. The summed E-state index contributed by atoms with van der Waals surface area (Å²) in [4.78, 5) is 35.1. The van der Waals surface area contributed by atoms with Crippen molar-refractivity contribution in [1.82, 2.24) is 10.2 Å². The summed E-state index contributed by atoms with van der Waals surface area (Å²) >= 11 is 0. The molecule has 1 saturated heterocycles. The van der Waals surface area contributed by atoms with Crippen molar-refractivity contribution < 1.29 is 23.9 Å². The third-order valence-corrected chi connectivity index (χ3v) is 2.75. The van der Waals surface area contributed by atoms with Gasteiger partial charge < -0.3 is 19.7 Å². The van der Waals surface area contributed by atoms with Gasteiger partial charge in [-0.25, -0.2) is 4.79 Å². The molecular weight excluding hydrogens is 240 g/mol. The molecule has 2 N–H and O–H groups in total. The van der Waals surface area contributed by atoms with Crippen LogP contribution in [0.3, 0.4) is 0 Å². The lowest BCUT2D eigenvalue weighted by Gasteiger charge is -2.10. The zero-order chi connectivity index (χ0) is 13.3. The van der Waals surface area contributed by atoms with E-state index in [0.717, 1.165) is 12.3 Å². The third-order valence-electron chi connectivity index (χ3n) is 2.75. The predicted molar refractivity (Wildman–Crippen MR) is 59.2 cm³/mol. The van der Waals surface area contributed by atoms with Gasteiger partial charge in [-0.3, -0.25) is 9.59 Å². The molecule has 1 fully saturated rings. The molecule has 0 saturated carbocycles. The number of nitrogens with one attached hydrogen (secondary N) is 1. The van der Waals surface area contributed by atoms with E-state index in [9.17, 15) is 14.4 Å². The monoisotopic (exact) mass is 252 g/mol. The molecule has 1 aliphatic heterocycles. The summed E-state index contributed by atoms with van der Waals surface area (Å²) in [6.07, 6.45) is 1.25. The smallest absolute Gasteiger partial charge is 0.338 e. The van der Waals surface area contributed by atoms with Crippen molar-refractivity contribution in [1.29, 1.82) is 0 Å². The average Bonchev–Trinajstić information content (AvgIpc) is 2.87. The summed E-state index contributed by atoms with van der Waals surface area (Å²) in [5.74, 6) is -1.79. The van der Waals surface area contributed by atoms with Crippen LogP contribution in [0.15, 0.2) is 16.7 Å². The Labute approximate surface area is 102 Å². The molecule has 2 rings (SSSR count). The summed E-state index contributed by atoms with van der Waals surface area (Å²) in [5, 5.41) is 11.3. The predicted octanol–water partition coefficient (Wildman–Crippen LogP) is -0.0617. The van der Waals surface area contributed by atoms with E-state index in [-0.39, 0.29) is 29.7 Å². The Balaban J connectivity index is 1.99. The Morgan fingerprint density at radius 2 is 2.28 bits per heavy atom. The molecule has 0 bridgehead atoms. The first-order valence-corrected chi connectivity index (χ1v) is 5.34. The number of hydrogen-bond acceptors (Lipinski definition) is 4. The highest BCUT2D eigenvalue weighted by molar-refractivity contribution is 5.96. The second kappa shape index (κ2) is 4.52. The Morgan fingerprint density at radius 3 is 2.78 bits per heavy atom. The van der Waals surface area contributed by atoms with Crippen molar-refractivity contribution >= 4 is 17.8 Å². The molecule has 96 valence electrons. The summed E-state index contributed by atoms with van der Waals surface area (Å²) in [6, 6.07) is 0.881. The molecule has 1 aromatic heterocycles. The van der Waals surface area contributed by atoms with Crippen LogP contribution in [-0.4, -0.2) is 47.4 Å². The number of likely N-dealkylation sites (N-methyl/N-ethyl adjacent to an activating group) is 1. The van der Waals surface area contributed by atoms with E-state index >= 15 is 0 Å². The first kappa shape index (κ1) is 12.2. The zero-order valence-corrected chi connectivity index (χ0v) is 9.67. The van der Waals surface area contributed by atoms with E-state index in [0.29, 0.717) is 6.54 Å². The van der Waals surface area contributed by atoms with Crippen LogP contribution in [0.4, 0.5) is 0 Å². The molecule has 1 aromatic rings. The standard InChI is InChI=1S/C11H12N2O5/c1-13-4-7(3-9(13)14)12-10(15)8-2-6(5-18-8)11(16)17/h2,5,7H,3-4H2,1H3,(H,12,15)(H,16,17). The normalized spacial score (nSPS) is 19.1. The lowest BCUT2D eigenvalue weighted by Crippen LogP contribution is -2.36. The maximum Gasteiger partial charge on any atom is 0.338 e. The number of carboxylic acids is 1. The number of carbonyl (C=O) groups is 3. The third kappa shape index (κ3) is 2.34. The van der Waals surface area contributed by atoms with Crippen LogP contribution in [0.5, 0.6) is 0 Å². The van der Waals surface area contributed by atoms with Gasteiger partial charge in [0.15, 0.2) is 5.76 Å². The van der Waals surface area contributed by atoms with Gasteiger partial charge in [0.2, 0.25) is 5.91 Å². The highest BCUT2D eigenvalue weighted by Gasteiger charge is 2.28. The summed E-state index contributed by atoms with van der Waals surface area (Å²) < 4.78 is 4.86. The Kier molecular flexibility index (Phi) is 3.05. The molecule has 2 heterocycles. The molecule has 0 aliphatic carbocycles. The van der Waals surface area contributed by atoms with Gasteiger partial charge in [-0.2, -0.15) is 0 Å². The topological polar surface area (TPSA) is 99.8 Å². The molecule has 0 spiro atoms. The number of rotatable bonds is 3. The summed E-state index contributed by atoms with van der Waals surface area (Å²) in [5.41, 5.74) is -0.0835. The SMILES string of the molecule is CN1CC(NC(=O)c2cc(C(=O)O)co2)CC1=O. The number of carboxylic acid groups (broad SMARTS) is 1. The van der Waals surface area contributed by atoms with Crippen molar-refractivity contribution in [2.24, 2.45) is 0 Å². The largest absolute Gasteiger partial charge is 0.478 e. The van der Waals surface area contributed by atoms with Crippen LogP contribution in [0.2, 0.25) is 0 Å². The number of amides is 2. The number of aromatic carboxylic acids is 1. The minimum Gasteiger partial charge on any atom is -0.478 e. The Hall–Kier alpha value is -2.31. The van der Waals surface area contributed by atoms with Gasteiger partial charge in [0.1, 0.15) is 6.26 Å². The van der Waals surface area contributed by atoms with Crippen molar-refractivity contribution in [3.63, 3.8) is 0 Å². The van der Waals surface area contributed by atoms with Gasteiger partial charge in [0.05, 0.1) is 11.6 Å². The maximum atomic E-state index is 11.7. The highest BCUT2D eigenvalue weighted by Crippen LogP contribution is 2.11. The molecule has 1 aliphatic rings. The van der Waals surface area contributed by atoms with E-state index < -0.39 is 11.9 Å². The van der Waals surface area contributed by atoms with Crippen molar-refractivity contribution in [3.05, 3.63) is 23.7 Å². The molecule has 18 heavy (non-hydrogen) atoms. The number of carbonyl (C=O) groups excluding carboxylic acids is 2. The van der Waals surface area contributed by atoms with Crippen molar-refractivity contribution in [3.8, 4) is 0 Å². The average molecular weight is 252 g/mol. The van der Waals surface area contributed by atoms with E-state index in [1.807, 2.05) is 0 Å². The Morgan fingerprint density at radius 1 is 1.56 bits per heavy atom. The summed E-state index contributed by atoms with van der Waals surface area (Å²) in [6.45, 7) is 0.442. The highest BCUT2D eigenvalue weighted by atomic mass is 16.4. The minimum atomic E-state index is -1.16. The van der Waals surface area contributed by atoms with Gasteiger partial charge >= 0.3 is 5.97 Å². The number of furan rings is 1. The molecule has 0 aromatic carbocycles.